The highest BCUT2D eigenvalue weighted by molar-refractivity contribution is 6.07. The molecule has 0 aromatic heterocycles. The van der Waals surface area contributed by atoms with E-state index in [0.717, 1.165) is 20.0 Å². The molecule has 0 radical (unpaired) electrons. The number of carbonyl (C=O) groups excluding carboxylic acids is 2. The van der Waals surface area contributed by atoms with Gasteiger partial charge >= 0.3 is 17.9 Å². The highest BCUT2D eigenvalue weighted by atomic mass is 16.5. The highest BCUT2D eigenvalue weighted by Crippen LogP contribution is 2.44. The van der Waals surface area contributed by atoms with E-state index in [0.29, 0.717) is 30.3 Å². The average Bonchev–Trinajstić information content (AvgIpc) is 2.96. The Balaban J connectivity index is 1.96. The summed E-state index contributed by atoms with van der Waals surface area (Å²) < 4.78 is 10.1. The number of carboxylic acid groups (broad SMARTS) is 1. The van der Waals surface area contributed by atoms with Crippen LogP contribution in [0.15, 0.2) is 71.2 Å². The zero-order valence-electron chi connectivity index (χ0n) is 22.0. The Morgan fingerprint density at radius 3 is 2.23 bits per heavy atom. The van der Waals surface area contributed by atoms with Crippen LogP contribution in [-0.2, 0) is 19.1 Å². The molecule has 10 heteroatoms. The fourth-order valence-corrected chi connectivity index (χ4v) is 5.14. The van der Waals surface area contributed by atoms with Gasteiger partial charge in [0, 0.05) is 18.8 Å². The van der Waals surface area contributed by atoms with E-state index in [1.165, 1.54) is 18.1 Å². The van der Waals surface area contributed by atoms with Crippen molar-refractivity contribution >= 4 is 29.3 Å². The SMILES string of the molecule is COC(=O)C1=C(C(=O)OC)N(c2ccc(N3CCC(C)CC3)c(C(=O)O)c2)C(N)=C(C#N)C1c1ccccc1. The molecule has 1 saturated heterocycles. The number of hydrogen-bond donors (Lipinski definition) is 2. The van der Waals surface area contributed by atoms with Crippen molar-refractivity contribution in [3.63, 3.8) is 0 Å². The van der Waals surface area contributed by atoms with Crippen molar-refractivity contribution < 1.29 is 29.0 Å². The molecule has 2 aromatic rings. The number of nitrogens with two attached hydrogens (primary N) is 1. The van der Waals surface area contributed by atoms with Crippen LogP contribution in [0.4, 0.5) is 11.4 Å². The third kappa shape index (κ3) is 5.03. The normalized spacial score (nSPS) is 18.1. The Morgan fingerprint density at radius 2 is 1.67 bits per heavy atom. The first-order valence-corrected chi connectivity index (χ1v) is 12.5. The van der Waals surface area contributed by atoms with Crippen molar-refractivity contribution in [1.82, 2.24) is 0 Å². The van der Waals surface area contributed by atoms with Gasteiger partial charge in [-0.15, -0.1) is 0 Å². The number of benzene rings is 2. The Labute approximate surface area is 226 Å². The quantitative estimate of drug-likeness (QED) is 0.532. The van der Waals surface area contributed by atoms with Gasteiger partial charge in [-0.05, 0) is 42.5 Å². The van der Waals surface area contributed by atoms with Crippen LogP contribution in [0.5, 0.6) is 0 Å². The van der Waals surface area contributed by atoms with Gasteiger partial charge in [-0.25, -0.2) is 14.4 Å². The van der Waals surface area contributed by atoms with Crippen molar-refractivity contribution in [2.24, 2.45) is 11.7 Å². The molecule has 0 spiro atoms. The fraction of sp³-hybridized carbons (Fsp3) is 0.310. The molecule has 2 aliphatic heterocycles. The van der Waals surface area contributed by atoms with Crippen molar-refractivity contribution in [2.45, 2.75) is 25.7 Å². The first-order valence-electron chi connectivity index (χ1n) is 12.5. The minimum absolute atomic E-state index is 0.000206. The summed E-state index contributed by atoms with van der Waals surface area (Å²) in [6, 6.07) is 15.4. The maximum Gasteiger partial charge on any atom is 0.355 e. The molecule has 10 nitrogen and oxygen atoms in total. The predicted octanol–water partition coefficient (Wildman–Crippen LogP) is 3.52. The number of carbonyl (C=O) groups is 3. The lowest BCUT2D eigenvalue weighted by Crippen LogP contribution is -2.41. The van der Waals surface area contributed by atoms with Gasteiger partial charge in [0.05, 0.1) is 48.6 Å². The van der Waals surface area contributed by atoms with Crippen molar-refractivity contribution in [3.05, 3.63) is 82.3 Å². The van der Waals surface area contributed by atoms with E-state index in [4.69, 9.17) is 15.2 Å². The smallest absolute Gasteiger partial charge is 0.355 e. The van der Waals surface area contributed by atoms with Gasteiger partial charge in [-0.1, -0.05) is 37.3 Å². The summed E-state index contributed by atoms with van der Waals surface area (Å²) in [7, 11) is 2.32. The van der Waals surface area contributed by atoms with E-state index in [1.807, 2.05) is 4.90 Å². The second-order valence-electron chi connectivity index (χ2n) is 9.51. The first-order chi connectivity index (χ1) is 18.7. The predicted molar refractivity (Wildman–Crippen MR) is 144 cm³/mol. The van der Waals surface area contributed by atoms with Gasteiger partial charge in [-0.3, -0.25) is 4.90 Å². The zero-order chi connectivity index (χ0) is 28.3. The largest absolute Gasteiger partial charge is 0.478 e. The number of anilines is 2. The third-order valence-electron chi connectivity index (χ3n) is 7.20. The van der Waals surface area contributed by atoms with Gasteiger partial charge in [0.15, 0.2) is 0 Å². The maximum atomic E-state index is 13.2. The molecule has 3 N–H and O–H groups in total. The molecule has 202 valence electrons. The van der Waals surface area contributed by atoms with Crippen molar-refractivity contribution in [3.8, 4) is 6.07 Å². The van der Waals surface area contributed by atoms with E-state index in [1.54, 1.807) is 42.5 Å². The summed E-state index contributed by atoms with van der Waals surface area (Å²) in [5.74, 6) is -3.50. The Bertz CT molecular complexity index is 1400. The fourth-order valence-electron chi connectivity index (χ4n) is 5.14. The van der Waals surface area contributed by atoms with Crippen molar-refractivity contribution in [2.75, 3.05) is 37.1 Å². The molecule has 2 aliphatic rings. The highest BCUT2D eigenvalue weighted by Gasteiger charge is 2.43. The summed E-state index contributed by atoms with van der Waals surface area (Å²) in [6.45, 7) is 3.59. The molecule has 39 heavy (non-hydrogen) atoms. The van der Waals surface area contributed by atoms with Gasteiger partial charge in [0.2, 0.25) is 0 Å². The molecule has 0 bridgehead atoms. The monoisotopic (exact) mass is 530 g/mol. The molecular weight excluding hydrogens is 500 g/mol. The van der Waals surface area contributed by atoms with Crippen LogP contribution in [-0.4, -0.2) is 50.3 Å². The van der Waals surface area contributed by atoms with Gasteiger partial charge < -0.3 is 25.2 Å². The molecule has 1 unspecified atom stereocenters. The van der Waals surface area contributed by atoms with Gasteiger partial charge in [0.25, 0.3) is 0 Å². The number of allylic oxidation sites excluding steroid dienone is 1. The molecule has 0 aliphatic carbocycles. The lowest BCUT2D eigenvalue weighted by atomic mass is 9.81. The Hall–Kier alpha value is -4.78. The first kappa shape index (κ1) is 27.3. The minimum atomic E-state index is -1.16. The van der Waals surface area contributed by atoms with Gasteiger partial charge in [-0.2, -0.15) is 5.26 Å². The average molecular weight is 531 g/mol. The summed E-state index contributed by atoms with van der Waals surface area (Å²) in [5, 5.41) is 20.3. The number of hydrogen-bond acceptors (Lipinski definition) is 9. The number of aromatic carboxylic acids is 1. The zero-order valence-corrected chi connectivity index (χ0v) is 22.0. The van der Waals surface area contributed by atoms with E-state index >= 15 is 0 Å². The summed E-state index contributed by atoms with van der Waals surface area (Å²) in [4.78, 5) is 42.0. The van der Waals surface area contributed by atoms with E-state index in [9.17, 15) is 24.8 Å². The van der Waals surface area contributed by atoms with Crippen LogP contribution in [0.2, 0.25) is 0 Å². The van der Waals surface area contributed by atoms with Crippen LogP contribution in [0.1, 0.15) is 41.6 Å². The number of methoxy groups -OCH3 is 2. The summed E-state index contributed by atoms with van der Waals surface area (Å²) in [5.41, 5.74) is 7.39. The summed E-state index contributed by atoms with van der Waals surface area (Å²) in [6.07, 6.45) is 1.87. The second-order valence-corrected chi connectivity index (χ2v) is 9.51. The van der Waals surface area contributed by atoms with E-state index in [-0.39, 0.29) is 33.9 Å². The number of nitrogens with zero attached hydrogens (tertiary/aromatic N) is 3. The number of rotatable bonds is 6. The van der Waals surface area contributed by atoms with Gasteiger partial charge in [0.1, 0.15) is 11.5 Å². The Morgan fingerprint density at radius 1 is 1.03 bits per heavy atom. The molecule has 0 saturated carbocycles. The lowest BCUT2D eigenvalue weighted by Gasteiger charge is -2.37. The number of piperidine rings is 1. The molecule has 1 fully saturated rings. The molecule has 1 atom stereocenters. The van der Waals surface area contributed by atoms with Crippen LogP contribution in [0.3, 0.4) is 0 Å². The number of esters is 2. The van der Waals surface area contributed by atoms with Crippen LogP contribution < -0.4 is 15.5 Å². The molecule has 4 rings (SSSR count). The van der Waals surface area contributed by atoms with E-state index in [2.05, 4.69) is 13.0 Å². The minimum Gasteiger partial charge on any atom is -0.478 e. The van der Waals surface area contributed by atoms with Crippen molar-refractivity contribution in [1.29, 1.82) is 5.26 Å². The Kier molecular flexibility index (Phi) is 7.91. The van der Waals surface area contributed by atoms with Crippen LogP contribution >= 0.6 is 0 Å². The second kappa shape index (κ2) is 11.3. The molecular formula is C29H30N4O6. The third-order valence-corrected chi connectivity index (χ3v) is 7.20. The van der Waals surface area contributed by atoms with Crippen LogP contribution in [0.25, 0.3) is 0 Å². The van der Waals surface area contributed by atoms with E-state index < -0.39 is 23.8 Å². The standard InChI is InChI=1S/C29H30N4O6/c1-17-11-13-32(14-12-17)22-10-9-19(15-20(22)27(34)35)33-25(29(37)39-3)24(28(36)38-2)23(21(16-30)26(33)31)18-7-5-4-6-8-18/h4-10,15,17,23H,11-14,31H2,1-3H3,(H,34,35). The van der Waals surface area contributed by atoms with Crippen LogP contribution in [0, 0.1) is 17.2 Å². The number of ether oxygens (including phenoxy) is 2. The summed E-state index contributed by atoms with van der Waals surface area (Å²) >= 11 is 0. The maximum absolute atomic E-state index is 13.2. The number of carboxylic acids is 1. The molecule has 0 amide bonds. The molecule has 2 aromatic carbocycles. The lowest BCUT2D eigenvalue weighted by molar-refractivity contribution is -0.139. The molecule has 2 heterocycles. The number of nitriles is 1. The topological polar surface area (TPSA) is 146 Å².